The topological polar surface area (TPSA) is 51.2 Å². The van der Waals surface area contributed by atoms with Crippen molar-refractivity contribution in [2.24, 2.45) is 0 Å². The van der Waals surface area contributed by atoms with Gasteiger partial charge < -0.3 is 4.74 Å². The Balaban J connectivity index is 1.79. The van der Waals surface area contributed by atoms with E-state index in [2.05, 4.69) is 29.4 Å². The van der Waals surface area contributed by atoms with E-state index in [-0.39, 0.29) is 5.91 Å². The molecule has 0 saturated heterocycles. The smallest absolute Gasteiger partial charge is 0.250 e. The van der Waals surface area contributed by atoms with E-state index in [1.54, 1.807) is 13.2 Å². The maximum atomic E-state index is 12.2. The average Bonchev–Trinajstić information content (AvgIpc) is 2.95. The Labute approximate surface area is 151 Å². The predicted molar refractivity (Wildman–Crippen MR) is 104 cm³/mol. The second kappa shape index (κ2) is 7.07. The third-order valence-corrected chi connectivity index (χ3v) is 4.78. The van der Waals surface area contributed by atoms with Gasteiger partial charge in [0.1, 0.15) is 5.75 Å². The highest BCUT2D eigenvalue weighted by Gasteiger charge is 2.09. The number of aryl methyl sites for hydroxylation is 3. The summed E-state index contributed by atoms with van der Waals surface area (Å²) in [6, 6.07) is 10.0. The molecular formula is C20H20N2O2S. The summed E-state index contributed by atoms with van der Waals surface area (Å²) in [5.74, 6) is 0.526. The minimum atomic E-state index is -0.211. The molecule has 0 saturated carbocycles. The molecule has 25 heavy (non-hydrogen) atoms. The minimum Gasteiger partial charge on any atom is -0.496 e. The Hall–Kier alpha value is -2.66. The summed E-state index contributed by atoms with van der Waals surface area (Å²) >= 11 is 1.48. The van der Waals surface area contributed by atoms with E-state index in [4.69, 9.17) is 4.74 Å². The summed E-state index contributed by atoms with van der Waals surface area (Å²) in [5.41, 5.74) is 5.23. The molecule has 0 radical (unpaired) electrons. The van der Waals surface area contributed by atoms with Crippen molar-refractivity contribution in [3.8, 4) is 5.75 Å². The number of anilines is 1. The van der Waals surface area contributed by atoms with Gasteiger partial charge >= 0.3 is 0 Å². The van der Waals surface area contributed by atoms with Gasteiger partial charge in [0.05, 0.1) is 17.3 Å². The first-order valence-electron chi connectivity index (χ1n) is 7.98. The number of carbonyl (C=O) groups excluding carboxylic acids is 1. The number of amides is 1. The van der Waals surface area contributed by atoms with Crippen LogP contribution in [0.4, 0.5) is 5.13 Å². The Morgan fingerprint density at radius 3 is 2.72 bits per heavy atom. The number of nitrogens with zero attached hydrogens (tertiary/aromatic N) is 1. The molecule has 5 heteroatoms. The molecule has 128 valence electrons. The number of benzene rings is 2. The van der Waals surface area contributed by atoms with Crippen molar-refractivity contribution in [2.75, 3.05) is 12.4 Å². The first kappa shape index (κ1) is 17.2. The third kappa shape index (κ3) is 3.88. The molecule has 2 aromatic carbocycles. The van der Waals surface area contributed by atoms with E-state index in [1.165, 1.54) is 23.0 Å². The lowest BCUT2D eigenvalue weighted by Crippen LogP contribution is -2.07. The molecule has 3 aromatic rings. The average molecular weight is 352 g/mol. The van der Waals surface area contributed by atoms with Gasteiger partial charge in [-0.05, 0) is 56.2 Å². The van der Waals surface area contributed by atoms with Crippen LogP contribution >= 0.6 is 11.3 Å². The van der Waals surface area contributed by atoms with Crippen molar-refractivity contribution < 1.29 is 9.53 Å². The van der Waals surface area contributed by atoms with E-state index in [1.807, 2.05) is 32.0 Å². The van der Waals surface area contributed by atoms with Gasteiger partial charge in [0.25, 0.3) is 0 Å². The maximum Gasteiger partial charge on any atom is 0.250 e. The molecule has 0 spiro atoms. The first-order chi connectivity index (χ1) is 12.0. The van der Waals surface area contributed by atoms with Crippen molar-refractivity contribution in [3.63, 3.8) is 0 Å². The number of methoxy groups -OCH3 is 1. The highest BCUT2D eigenvalue weighted by molar-refractivity contribution is 7.22. The largest absolute Gasteiger partial charge is 0.496 e. The lowest BCUT2D eigenvalue weighted by molar-refractivity contribution is -0.111. The number of ether oxygens (including phenoxy) is 1. The van der Waals surface area contributed by atoms with Gasteiger partial charge in [-0.2, -0.15) is 0 Å². The summed E-state index contributed by atoms with van der Waals surface area (Å²) in [4.78, 5) is 16.8. The van der Waals surface area contributed by atoms with E-state index in [0.717, 1.165) is 32.7 Å². The van der Waals surface area contributed by atoms with Crippen molar-refractivity contribution in [3.05, 3.63) is 58.7 Å². The van der Waals surface area contributed by atoms with Crippen molar-refractivity contribution >= 4 is 38.7 Å². The molecule has 0 fully saturated rings. The van der Waals surface area contributed by atoms with Gasteiger partial charge in [0.2, 0.25) is 5.91 Å². The number of rotatable bonds is 4. The van der Waals surface area contributed by atoms with Crippen LogP contribution in [0, 0.1) is 20.8 Å². The molecule has 1 amide bonds. The summed E-state index contributed by atoms with van der Waals surface area (Å²) < 4.78 is 6.40. The summed E-state index contributed by atoms with van der Waals surface area (Å²) in [6.07, 6.45) is 3.26. The number of fused-ring (bicyclic) bond motifs is 1. The summed E-state index contributed by atoms with van der Waals surface area (Å²) in [5, 5.41) is 3.45. The predicted octanol–water partition coefficient (Wildman–Crippen LogP) is 4.88. The van der Waals surface area contributed by atoms with Crippen LogP contribution in [0.15, 0.2) is 36.4 Å². The molecule has 1 aromatic heterocycles. The highest BCUT2D eigenvalue weighted by atomic mass is 32.1. The summed E-state index contributed by atoms with van der Waals surface area (Å²) in [6.45, 7) is 6.09. The van der Waals surface area contributed by atoms with Crippen LogP contribution < -0.4 is 10.1 Å². The van der Waals surface area contributed by atoms with Crippen LogP contribution in [-0.2, 0) is 4.79 Å². The van der Waals surface area contributed by atoms with Gasteiger partial charge in [-0.3, -0.25) is 10.1 Å². The second-order valence-corrected chi connectivity index (χ2v) is 7.05. The van der Waals surface area contributed by atoms with Crippen LogP contribution in [0.25, 0.3) is 16.3 Å². The van der Waals surface area contributed by atoms with Crippen LogP contribution in [0.1, 0.15) is 22.3 Å². The van der Waals surface area contributed by atoms with Crippen LogP contribution in [0.2, 0.25) is 0 Å². The molecule has 0 aliphatic carbocycles. The van der Waals surface area contributed by atoms with Gasteiger partial charge in [-0.1, -0.05) is 29.0 Å². The van der Waals surface area contributed by atoms with Crippen LogP contribution in [0.3, 0.4) is 0 Å². The third-order valence-electron chi connectivity index (χ3n) is 3.86. The van der Waals surface area contributed by atoms with Crippen molar-refractivity contribution in [1.82, 2.24) is 4.98 Å². The number of aromatic nitrogens is 1. The molecule has 0 unspecified atom stereocenters. The molecule has 1 heterocycles. The number of thiazole rings is 1. The SMILES string of the molecule is COc1ccc(C)cc1/C=C/C(=O)Nc1nc2c(C)cc(C)cc2s1. The molecule has 3 rings (SSSR count). The quantitative estimate of drug-likeness (QED) is 0.681. The highest BCUT2D eigenvalue weighted by Crippen LogP contribution is 2.29. The molecule has 0 aliphatic heterocycles. The molecule has 0 bridgehead atoms. The van der Waals surface area contributed by atoms with Crippen molar-refractivity contribution in [1.29, 1.82) is 0 Å². The fourth-order valence-corrected chi connectivity index (χ4v) is 3.77. The van der Waals surface area contributed by atoms with Gasteiger partial charge in [0.15, 0.2) is 5.13 Å². The zero-order chi connectivity index (χ0) is 18.0. The molecule has 1 N–H and O–H groups in total. The standard InChI is InChI=1S/C20H20N2O2S/c1-12-5-7-16(24-4)15(10-12)6-8-18(23)21-20-22-19-14(3)9-13(2)11-17(19)25-20/h5-11H,1-4H3,(H,21,22,23)/b8-6+. The Morgan fingerprint density at radius 2 is 1.96 bits per heavy atom. The van der Waals surface area contributed by atoms with Gasteiger partial charge in [0, 0.05) is 11.6 Å². The lowest BCUT2D eigenvalue weighted by atomic mass is 10.1. The van der Waals surface area contributed by atoms with E-state index < -0.39 is 0 Å². The monoisotopic (exact) mass is 352 g/mol. The normalized spacial score (nSPS) is 11.2. The zero-order valence-corrected chi connectivity index (χ0v) is 15.5. The van der Waals surface area contributed by atoms with E-state index in [9.17, 15) is 4.79 Å². The van der Waals surface area contributed by atoms with Crippen molar-refractivity contribution in [2.45, 2.75) is 20.8 Å². The second-order valence-electron chi connectivity index (χ2n) is 6.02. The lowest BCUT2D eigenvalue weighted by Gasteiger charge is -2.05. The molecule has 0 atom stereocenters. The minimum absolute atomic E-state index is 0.211. The van der Waals surface area contributed by atoms with E-state index >= 15 is 0 Å². The first-order valence-corrected chi connectivity index (χ1v) is 8.79. The fraction of sp³-hybridized carbons (Fsp3) is 0.200. The van der Waals surface area contributed by atoms with E-state index in [0.29, 0.717) is 5.13 Å². The Kier molecular flexibility index (Phi) is 4.86. The number of hydrogen-bond donors (Lipinski definition) is 1. The van der Waals surface area contributed by atoms with Gasteiger partial charge in [-0.15, -0.1) is 0 Å². The number of hydrogen-bond acceptors (Lipinski definition) is 4. The molecule has 4 nitrogen and oxygen atoms in total. The number of nitrogens with one attached hydrogen (secondary N) is 1. The van der Waals surface area contributed by atoms with Crippen LogP contribution in [-0.4, -0.2) is 18.0 Å². The molecular weight excluding hydrogens is 332 g/mol. The molecule has 0 aliphatic rings. The summed E-state index contributed by atoms with van der Waals surface area (Å²) in [7, 11) is 1.62. The Bertz CT molecular complexity index is 973. The van der Waals surface area contributed by atoms with Gasteiger partial charge in [-0.25, -0.2) is 4.98 Å². The Morgan fingerprint density at radius 1 is 1.16 bits per heavy atom. The zero-order valence-electron chi connectivity index (χ0n) is 14.7. The maximum absolute atomic E-state index is 12.2. The fourth-order valence-electron chi connectivity index (χ4n) is 2.72. The van der Waals surface area contributed by atoms with Crippen LogP contribution in [0.5, 0.6) is 5.75 Å². The number of carbonyl (C=O) groups is 1.